The number of hydrogen-bond donors (Lipinski definition) is 2. The molecule has 0 aromatic heterocycles. The lowest BCUT2D eigenvalue weighted by Crippen LogP contribution is -2.29. The molecule has 2 atom stereocenters. The van der Waals surface area contributed by atoms with Gasteiger partial charge in [-0.3, -0.25) is 0 Å². The van der Waals surface area contributed by atoms with E-state index in [4.69, 9.17) is 5.11 Å². The Morgan fingerprint density at radius 2 is 2.12 bits per heavy atom. The largest absolute Gasteiger partial charge is 0.396 e. The summed E-state index contributed by atoms with van der Waals surface area (Å²) in [6.45, 7) is 2.75. The maximum atomic E-state index is 11.5. The Hall–Kier alpha value is -0.130. The molecule has 1 aliphatic carbocycles. The molecule has 0 aliphatic heterocycles. The molecule has 0 saturated heterocycles. The maximum Gasteiger partial charge on any atom is 0.211 e. The van der Waals surface area contributed by atoms with Crippen molar-refractivity contribution in [2.24, 2.45) is 11.8 Å². The molecule has 1 aliphatic rings. The first-order chi connectivity index (χ1) is 8.03. The Balaban J connectivity index is 2.18. The van der Waals surface area contributed by atoms with E-state index in [1.165, 1.54) is 25.7 Å². The van der Waals surface area contributed by atoms with Crippen molar-refractivity contribution >= 4 is 10.0 Å². The highest BCUT2D eigenvalue weighted by Gasteiger charge is 2.19. The fourth-order valence-electron chi connectivity index (χ4n) is 2.57. The highest BCUT2D eigenvalue weighted by molar-refractivity contribution is 7.89. The molecule has 0 bridgehead atoms. The van der Waals surface area contributed by atoms with Crippen LogP contribution in [0.3, 0.4) is 0 Å². The summed E-state index contributed by atoms with van der Waals surface area (Å²) in [4.78, 5) is 0. The van der Waals surface area contributed by atoms with Gasteiger partial charge >= 0.3 is 0 Å². The van der Waals surface area contributed by atoms with Crippen LogP contribution in [0, 0.1) is 11.8 Å². The average Bonchev–Trinajstić information content (AvgIpc) is 2.26. The fraction of sp³-hybridized carbons (Fsp3) is 1.00. The van der Waals surface area contributed by atoms with Crippen LogP contribution in [0.25, 0.3) is 0 Å². The third-order valence-electron chi connectivity index (χ3n) is 3.49. The number of aliphatic hydroxyl groups excluding tert-OH is 1. The summed E-state index contributed by atoms with van der Waals surface area (Å²) in [5, 5.41) is 8.60. The first-order valence-electron chi connectivity index (χ1n) is 6.61. The molecule has 0 spiro atoms. The number of aliphatic hydroxyl groups is 1. The molecule has 2 unspecified atom stereocenters. The lowest BCUT2D eigenvalue weighted by molar-refractivity contribution is 0.270. The highest BCUT2D eigenvalue weighted by atomic mass is 32.2. The van der Waals surface area contributed by atoms with Gasteiger partial charge in [-0.25, -0.2) is 13.1 Å². The zero-order valence-corrected chi connectivity index (χ0v) is 11.5. The molecule has 5 heteroatoms. The molecular weight excluding hydrogens is 238 g/mol. The third-order valence-corrected chi connectivity index (χ3v) is 4.96. The summed E-state index contributed by atoms with van der Waals surface area (Å²) in [5.74, 6) is 1.50. The highest BCUT2D eigenvalue weighted by Crippen LogP contribution is 2.30. The third kappa shape index (κ3) is 6.38. The predicted molar refractivity (Wildman–Crippen MR) is 69.2 cm³/mol. The van der Waals surface area contributed by atoms with E-state index >= 15 is 0 Å². The second kappa shape index (κ2) is 7.34. The van der Waals surface area contributed by atoms with Crippen molar-refractivity contribution in [1.82, 2.24) is 4.72 Å². The number of hydrogen-bond acceptors (Lipinski definition) is 3. The summed E-state index contributed by atoms with van der Waals surface area (Å²) < 4.78 is 25.6. The topological polar surface area (TPSA) is 66.4 Å². The van der Waals surface area contributed by atoms with E-state index < -0.39 is 10.0 Å². The minimum atomic E-state index is -3.17. The molecule has 0 radical (unpaired) electrons. The van der Waals surface area contributed by atoms with Crippen molar-refractivity contribution in [3.05, 3.63) is 0 Å². The number of nitrogens with one attached hydrogen (secondary N) is 1. The molecule has 0 aromatic rings. The van der Waals surface area contributed by atoms with Crippen LogP contribution in [0.1, 0.15) is 45.4 Å². The van der Waals surface area contributed by atoms with Gasteiger partial charge in [-0.1, -0.05) is 26.2 Å². The molecular formula is C12H25NO3S. The summed E-state index contributed by atoms with van der Waals surface area (Å²) in [5.41, 5.74) is 0. The summed E-state index contributed by atoms with van der Waals surface area (Å²) in [6, 6.07) is 0. The van der Waals surface area contributed by atoms with Crippen molar-refractivity contribution in [2.45, 2.75) is 45.4 Å². The van der Waals surface area contributed by atoms with Crippen molar-refractivity contribution in [3.63, 3.8) is 0 Å². The molecule has 0 amide bonds. The van der Waals surface area contributed by atoms with Gasteiger partial charge < -0.3 is 5.11 Å². The van der Waals surface area contributed by atoms with E-state index in [1.807, 2.05) is 0 Å². The minimum Gasteiger partial charge on any atom is -0.396 e. The molecule has 2 N–H and O–H groups in total. The van der Waals surface area contributed by atoms with Gasteiger partial charge in [-0.15, -0.1) is 0 Å². The first-order valence-corrected chi connectivity index (χ1v) is 8.27. The second-order valence-electron chi connectivity index (χ2n) is 5.22. The zero-order valence-electron chi connectivity index (χ0n) is 10.7. The van der Waals surface area contributed by atoms with Crippen LogP contribution < -0.4 is 4.72 Å². The van der Waals surface area contributed by atoms with Crippen molar-refractivity contribution in [3.8, 4) is 0 Å². The Kier molecular flexibility index (Phi) is 6.44. The van der Waals surface area contributed by atoms with Crippen LogP contribution in [-0.4, -0.2) is 32.4 Å². The van der Waals surface area contributed by atoms with Crippen LogP contribution in [0.15, 0.2) is 0 Å². The first kappa shape index (κ1) is 14.9. The predicted octanol–water partition coefficient (Wildman–Crippen LogP) is 1.50. The van der Waals surface area contributed by atoms with Gasteiger partial charge in [0, 0.05) is 13.2 Å². The van der Waals surface area contributed by atoms with E-state index in [0.717, 1.165) is 12.3 Å². The summed E-state index contributed by atoms with van der Waals surface area (Å²) in [6.07, 6.45) is 6.33. The van der Waals surface area contributed by atoms with Crippen LogP contribution in [-0.2, 0) is 10.0 Å². The van der Waals surface area contributed by atoms with Crippen LogP contribution in [0.2, 0.25) is 0 Å². The Bertz CT molecular complexity index is 303. The van der Waals surface area contributed by atoms with E-state index in [2.05, 4.69) is 11.6 Å². The van der Waals surface area contributed by atoms with Gasteiger partial charge in [0.05, 0.1) is 5.75 Å². The van der Waals surface area contributed by atoms with Gasteiger partial charge in [0.1, 0.15) is 0 Å². The van der Waals surface area contributed by atoms with Crippen LogP contribution in [0.5, 0.6) is 0 Å². The smallest absolute Gasteiger partial charge is 0.211 e. The van der Waals surface area contributed by atoms with E-state index in [9.17, 15) is 8.42 Å². The molecule has 1 rings (SSSR count). The molecule has 0 heterocycles. The average molecular weight is 263 g/mol. The molecule has 1 fully saturated rings. The Labute approximate surface area is 105 Å². The number of sulfonamides is 1. The minimum absolute atomic E-state index is 0.0323. The molecule has 1 saturated carbocycles. The molecule has 0 aromatic carbocycles. The molecule has 4 nitrogen and oxygen atoms in total. The second-order valence-corrected chi connectivity index (χ2v) is 7.14. The lowest BCUT2D eigenvalue weighted by Gasteiger charge is -2.26. The lowest BCUT2D eigenvalue weighted by atomic mass is 9.81. The van der Waals surface area contributed by atoms with E-state index in [0.29, 0.717) is 18.9 Å². The van der Waals surface area contributed by atoms with Gasteiger partial charge in [-0.05, 0) is 31.1 Å². The summed E-state index contributed by atoms with van der Waals surface area (Å²) >= 11 is 0. The van der Waals surface area contributed by atoms with Gasteiger partial charge in [0.15, 0.2) is 0 Å². The molecule has 102 valence electrons. The van der Waals surface area contributed by atoms with Crippen molar-refractivity contribution in [1.29, 1.82) is 0 Å². The van der Waals surface area contributed by atoms with Gasteiger partial charge in [0.25, 0.3) is 0 Å². The Morgan fingerprint density at radius 3 is 2.76 bits per heavy atom. The van der Waals surface area contributed by atoms with Crippen molar-refractivity contribution < 1.29 is 13.5 Å². The van der Waals surface area contributed by atoms with E-state index in [1.54, 1.807) is 0 Å². The quantitative estimate of drug-likeness (QED) is 0.731. The SMILES string of the molecule is CC1CCCC(CCNS(=O)(=O)CCCO)C1. The van der Waals surface area contributed by atoms with Crippen molar-refractivity contribution in [2.75, 3.05) is 18.9 Å². The Morgan fingerprint density at radius 1 is 1.35 bits per heavy atom. The fourth-order valence-corrected chi connectivity index (χ4v) is 3.65. The molecule has 17 heavy (non-hydrogen) atoms. The summed E-state index contributed by atoms with van der Waals surface area (Å²) in [7, 11) is -3.17. The van der Waals surface area contributed by atoms with Crippen LogP contribution >= 0.6 is 0 Å². The zero-order chi connectivity index (χ0) is 12.7. The maximum absolute atomic E-state index is 11.5. The number of rotatable bonds is 7. The monoisotopic (exact) mass is 263 g/mol. The van der Waals surface area contributed by atoms with Gasteiger partial charge in [0.2, 0.25) is 10.0 Å². The normalized spacial score (nSPS) is 26.0. The standard InChI is InChI=1S/C12H25NO3S/c1-11-4-2-5-12(10-11)6-7-13-17(15,16)9-3-8-14/h11-14H,2-10H2,1H3. The van der Waals surface area contributed by atoms with E-state index in [-0.39, 0.29) is 12.4 Å². The van der Waals surface area contributed by atoms with Gasteiger partial charge in [-0.2, -0.15) is 0 Å². The van der Waals surface area contributed by atoms with Crippen LogP contribution in [0.4, 0.5) is 0 Å².